The van der Waals surface area contributed by atoms with E-state index in [1.165, 1.54) is 0 Å². The number of carboxylic acid groups (broad SMARTS) is 1. The molecule has 76 valence electrons. The van der Waals surface area contributed by atoms with Gasteiger partial charge in [0.2, 0.25) is 0 Å². The summed E-state index contributed by atoms with van der Waals surface area (Å²) in [6.07, 6.45) is -0.0852. The summed E-state index contributed by atoms with van der Waals surface area (Å²) in [6.45, 7) is -0.159. The van der Waals surface area contributed by atoms with E-state index in [2.05, 4.69) is 0 Å². The Bertz CT molecular complexity index is 324. The van der Waals surface area contributed by atoms with Gasteiger partial charge in [-0.2, -0.15) is 0 Å². The summed E-state index contributed by atoms with van der Waals surface area (Å²) in [5.74, 6) is -0.926. The van der Waals surface area contributed by atoms with Crippen LogP contribution >= 0.6 is 0 Å². The minimum Gasteiger partial charge on any atom is -0.762 e. The number of aliphatic carboxylic acids is 1. The van der Waals surface area contributed by atoms with Crippen molar-refractivity contribution < 1.29 is 15.1 Å². The Morgan fingerprint density at radius 2 is 2.07 bits per heavy atom. The van der Waals surface area contributed by atoms with Crippen LogP contribution in [-0.4, -0.2) is 21.5 Å². The fourth-order valence-corrected chi connectivity index (χ4v) is 1.17. The topological polar surface area (TPSA) is 83.8 Å². The van der Waals surface area contributed by atoms with Crippen LogP contribution in [-0.2, 0) is 17.8 Å². The number of hydroxylamine groups is 2. The van der Waals surface area contributed by atoms with Crippen molar-refractivity contribution in [1.29, 1.82) is 0 Å². The van der Waals surface area contributed by atoms with Crippen molar-refractivity contribution in [3.8, 4) is 0 Å². The number of hydrogen-bond acceptors (Lipinski definition) is 4. The second-order valence-electron chi connectivity index (χ2n) is 2.90. The fraction of sp³-hybridized carbons (Fsp3) is 0.222. The first-order chi connectivity index (χ1) is 6.58. The molecule has 0 amide bonds. The summed E-state index contributed by atoms with van der Waals surface area (Å²) in [4.78, 5) is 10.4. The molecule has 0 aliphatic carbocycles. The summed E-state index contributed by atoms with van der Waals surface area (Å²) >= 11 is 0. The van der Waals surface area contributed by atoms with Crippen molar-refractivity contribution in [1.82, 2.24) is 5.23 Å². The highest BCUT2D eigenvalue weighted by atomic mass is 16.8. The molecule has 0 aliphatic rings. The molecule has 0 saturated carbocycles. The molecule has 2 N–H and O–H groups in total. The van der Waals surface area contributed by atoms with E-state index >= 15 is 0 Å². The predicted octanol–water partition coefficient (Wildman–Crippen LogP) is 1.00. The number of nitrogens with zero attached hydrogens (tertiary/aromatic N) is 1. The lowest BCUT2D eigenvalue weighted by atomic mass is 10.1. The first-order valence-corrected chi connectivity index (χ1v) is 4.01. The highest BCUT2D eigenvalue weighted by Gasteiger charge is 2.01. The molecule has 1 aromatic carbocycles. The second kappa shape index (κ2) is 4.71. The molecule has 5 heteroatoms. The molecule has 0 heterocycles. The SMILES string of the molecule is O=C(O)Cc1cccc(CN([O-])O)c1. The number of benzene rings is 1. The van der Waals surface area contributed by atoms with Crippen LogP contribution in [0, 0.1) is 5.21 Å². The van der Waals surface area contributed by atoms with E-state index in [-0.39, 0.29) is 18.2 Å². The van der Waals surface area contributed by atoms with Crippen LogP contribution in [0.2, 0.25) is 0 Å². The van der Waals surface area contributed by atoms with Gasteiger partial charge in [0.25, 0.3) is 0 Å². The minimum atomic E-state index is -0.926. The van der Waals surface area contributed by atoms with Gasteiger partial charge in [-0.15, -0.1) is 0 Å². The van der Waals surface area contributed by atoms with E-state index < -0.39 is 5.97 Å². The molecule has 0 saturated heterocycles. The van der Waals surface area contributed by atoms with Gasteiger partial charge in [-0.05, 0) is 11.1 Å². The highest BCUT2D eigenvalue weighted by Crippen LogP contribution is 2.07. The number of hydrogen-bond donors (Lipinski definition) is 2. The maximum Gasteiger partial charge on any atom is 0.307 e. The Hall–Kier alpha value is -1.43. The van der Waals surface area contributed by atoms with Crippen molar-refractivity contribution in [3.63, 3.8) is 0 Å². The van der Waals surface area contributed by atoms with Crippen LogP contribution in [0.1, 0.15) is 11.1 Å². The molecule has 0 bridgehead atoms. The van der Waals surface area contributed by atoms with E-state index in [4.69, 9.17) is 10.3 Å². The second-order valence-corrected chi connectivity index (χ2v) is 2.90. The predicted molar refractivity (Wildman–Crippen MR) is 48.5 cm³/mol. The van der Waals surface area contributed by atoms with Crippen LogP contribution < -0.4 is 0 Å². The number of rotatable bonds is 4. The lowest BCUT2D eigenvalue weighted by Crippen LogP contribution is -2.09. The van der Waals surface area contributed by atoms with Gasteiger partial charge in [-0.1, -0.05) is 24.3 Å². The maximum atomic E-state index is 10.4. The van der Waals surface area contributed by atoms with Crippen molar-refractivity contribution in [2.45, 2.75) is 13.0 Å². The van der Waals surface area contributed by atoms with Crippen LogP contribution in [0.3, 0.4) is 0 Å². The Morgan fingerprint density at radius 3 is 2.64 bits per heavy atom. The average Bonchev–Trinajstić information content (AvgIpc) is 2.01. The molecule has 14 heavy (non-hydrogen) atoms. The van der Waals surface area contributed by atoms with Crippen LogP contribution in [0.15, 0.2) is 24.3 Å². The van der Waals surface area contributed by atoms with Gasteiger partial charge in [0.05, 0.1) is 6.42 Å². The van der Waals surface area contributed by atoms with Crippen LogP contribution in [0.4, 0.5) is 0 Å². The summed E-state index contributed by atoms with van der Waals surface area (Å²) in [6, 6.07) is 6.53. The van der Waals surface area contributed by atoms with Gasteiger partial charge in [0, 0.05) is 6.54 Å². The smallest absolute Gasteiger partial charge is 0.307 e. The van der Waals surface area contributed by atoms with E-state index in [9.17, 15) is 10.0 Å². The summed E-state index contributed by atoms with van der Waals surface area (Å²) < 4.78 is 0. The third-order valence-electron chi connectivity index (χ3n) is 1.66. The van der Waals surface area contributed by atoms with E-state index in [1.807, 2.05) is 0 Å². The van der Waals surface area contributed by atoms with Gasteiger partial charge in [0.1, 0.15) is 0 Å². The molecule has 0 aromatic heterocycles. The van der Waals surface area contributed by atoms with Gasteiger partial charge < -0.3 is 15.5 Å². The molecule has 0 atom stereocenters. The largest absolute Gasteiger partial charge is 0.762 e. The maximum absolute atomic E-state index is 10.4. The summed E-state index contributed by atoms with van der Waals surface area (Å²) in [7, 11) is 0. The fourth-order valence-electron chi connectivity index (χ4n) is 1.17. The summed E-state index contributed by atoms with van der Waals surface area (Å²) in [5, 5.41) is 27.1. The monoisotopic (exact) mass is 196 g/mol. The minimum absolute atomic E-state index is 0.0852. The van der Waals surface area contributed by atoms with Gasteiger partial charge in [-0.25, -0.2) is 0 Å². The molecule has 1 rings (SSSR count). The molecule has 0 unspecified atom stereocenters. The molecular formula is C9H10NO4-. The number of carboxylic acids is 1. The Labute approximate surface area is 80.7 Å². The zero-order chi connectivity index (χ0) is 10.6. The lowest BCUT2D eigenvalue weighted by molar-refractivity contribution is -0.136. The van der Waals surface area contributed by atoms with Crippen molar-refractivity contribution >= 4 is 5.97 Å². The highest BCUT2D eigenvalue weighted by molar-refractivity contribution is 5.70. The molecule has 0 fully saturated rings. The molecule has 5 nitrogen and oxygen atoms in total. The first kappa shape index (κ1) is 10.6. The molecule has 0 spiro atoms. The van der Waals surface area contributed by atoms with Gasteiger partial charge >= 0.3 is 5.97 Å². The van der Waals surface area contributed by atoms with Crippen molar-refractivity contribution in [2.24, 2.45) is 0 Å². The van der Waals surface area contributed by atoms with Crippen molar-refractivity contribution in [2.75, 3.05) is 0 Å². The lowest BCUT2D eigenvalue weighted by Gasteiger charge is -2.19. The normalized spacial score (nSPS) is 10.5. The third kappa shape index (κ3) is 3.53. The van der Waals surface area contributed by atoms with E-state index in [0.717, 1.165) is 0 Å². The van der Waals surface area contributed by atoms with Crippen LogP contribution in [0.5, 0.6) is 0 Å². The molecular weight excluding hydrogens is 186 g/mol. The molecule has 1 aromatic rings. The average molecular weight is 196 g/mol. The Morgan fingerprint density at radius 1 is 1.43 bits per heavy atom. The van der Waals surface area contributed by atoms with Gasteiger partial charge in [-0.3, -0.25) is 10.0 Å². The quantitative estimate of drug-likeness (QED) is 0.702. The number of carbonyl (C=O) groups is 1. The standard InChI is InChI=1S/C9H10NO4/c11-9(12)5-7-2-1-3-8(4-7)6-10(13)14/h1-4,13H,5-6H2,(H,11,12)/q-1. The van der Waals surface area contributed by atoms with Crippen LogP contribution in [0.25, 0.3) is 0 Å². The molecule has 0 aliphatic heterocycles. The zero-order valence-corrected chi connectivity index (χ0v) is 7.38. The van der Waals surface area contributed by atoms with Gasteiger partial charge in [0.15, 0.2) is 0 Å². The Balaban J connectivity index is 2.73. The Kier molecular flexibility index (Phi) is 3.58. The zero-order valence-electron chi connectivity index (χ0n) is 7.38. The van der Waals surface area contributed by atoms with E-state index in [1.54, 1.807) is 24.3 Å². The molecule has 0 radical (unpaired) electrons. The first-order valence-electron chi connectivity index (χ1n) is 4.01. The summed E-state index contributed by atoms with van der Waals surface area (Å²) in [5.41, 5.74) is 1.19. The third-order valence-corrected chi connectivity index (χ3v) is 1.66. The van der Waals surface area contributed by atoms with Crippen molar-refractivity contribution in [3.05, 3.63) is 40.6 Å². The van der Waals surface area contributed by atoms with E-state index in [0.29, 0.717) is 11.1 Å².